The monoisotopic (exact) mass is 565 g/mol. The number of ether oxygens (including phenoxy) is 1. The van der Waals surface area contributed by atoms with Crippen molar-refractivity contribution in [2.45, 2.75) is 30.3 Å². The molecule has 10 nitrogen and oxygen atoms in total. The highest BCUT2D eigenvalue weighted by Crippen LogP contribution is 2.35. The first kappa shape index (κ1) is 27.2. The largest absolute Gasteiger partial charge is 0.417 e. The van der Waals surface area contributed by atoms with Gasteiger partial charge in [0.05, 0.1) is 16.6 Å². The van der Waals surface area contributed by atoms with Crippen LogP contribution in [-0.4, -0.2) is 85.7 Å². The molecule has 0 bridgehead atoms. The standard InChI is InChI=1S/C25H26F3N5O5S/c1-17-29-24(30-38-17)18-6-8-19(9-7-18)33-15-20(37-23(33)16-34)14-31-10-12-32(13-11-31)39(35,36)22-5-3-2-4-21(22)25(26,27)28/h2-9,16,20,23H,10-15H2,1H3. The fourth-order valence-electron chi connectivity index (χ4n) is 4.82. The van der Waals surface area contributed by atoms with Gasteiger partial charge in [0, 0.05) is 57.4 Å². The van der Waals surface area contributed by atoms with Crippen LogP contribution in [0.3, 0.4) is 0 Å². The third-order valence-corrected chi connectivity index (χ3v) is 8.70. The zero-order valence-corrected chi connectivity index (χ0v) is 21.7. The third kappa shape index (κ3) is 5.69. The van der Waals surface area contributed by atoms with Gasteiger partial charge in [0.25, 0.3) is 0 Å². The zero-order chi connectivity index (χ0) is 27.8. The summed E-state index contributed by atoms with van der Waals surface area (Å²) in [5.41, 5.74) is 0.366. The molecule has 5 rings (SSSR count). The number of sulfonamides is 1. The molecular weight excluding hydrogens is 539 g/mol. The van der Waals surface area contributed by atoms with Crippen molar-refractivity contribution in [3.63, 3.8) is 0 Å². The normalized spacial score (nSPS) is 21.4. The number of hydrogen-bond acceptors (Lipinski definition) is 9. The maximum atomic E-state index is 13.4. The van der Waals surface area contributed by atoms with E-state index >= 15 is 0 Å². The molecule has 39 heavy (non-hydrogen) atoms. The molecule has 2 aromatic carbocycles. The molecule has 208 valence electrons. The minimum atomic E-state index is -4.78. The van der Waals surface area contributed by atoms with Crippen molar-refractivity contribution >= 4 is 22.0 Å². The Labute approximate surface area is 223 Å². The van der Waals surface area contributed by atoms with Gasteiger partial charge >= 0.3 is 6.18 Å². The van der Waals surface area contributed by atoms with Crippen molar-refractivity contribution in [2.75, 3.05) is 44.2 Å². The number of anilines is 1. The molecule has 2 unspecified atom stereocenters. The lowest BCUT2D eigenvalue weighted by Crippen LogP contribution is -2.50. The first-order chi connectivity index (χ1) is 18.6. The summed E-state index contributed by atoms with van der Waals surface area (Å²) in [6, 6.07) is 11.5. The third-order valence-electron chi connectivity index (χ3n) is 6.74. The molecule has 0 saturated carbocycles. The lowest BCUT2D eigenvalue weighted by Gasteiger charge is -2.35. The van der Waals surface area contributed by atoms with Crippen molar-refractivity contribution in [3.8, 4) is 11.4 Å². The van der Waals surface area contributed by atoms with Crippen molar-refractivity contribution in [2.24, 2.45) is 0 Å². The van der Waals surface area contributed by atoms with Gasteiger partial charge in [0.15, 0.2) is 12.5 Å². The predicted octanol–water partition coefficient (Wildman–Crippen LogP) is 2.80. The van der Waals surface area contributed by atoms with Gasteiger partial charge in [-0.15, -0.1) is 0 Å². The van der Waals surface area contributed by atoms with E-state index in [2.05, 4.69) is 10.1 Å². The molecule has 2 aliphatic heterocycles. The Balaban J connectivity index is 1.20. The van der Waals surface area contributed by atoms with E-state index in [-0.39, 0.29) is 19.2 Å². The summed E-state index contributed by atoms with van der Waals surface area (Å²) >= 11 is 0. The number of carbonyl (C=O) groups is 1. The van der Waals surface area contributed by atoms with Gasteiger partial charge in [-0.3, -0.25) is 9.69 Å². The van der Waals surface area contributed by atoms with Gasteiger partial charge in [-0.25, -0.2) is 8.42 Å². The number of aldehydes is 1. The summed E-state index contributed by atoms with van der Waals surface area (Å²) in [6.07, 6.45) is -5.17. The number of nitrogens with zero attached hydrogens (tertiary/aromatic N) is 5. The number of piperazine rings is 1. The van der Waals surface area contributed by atoms with Gasteiger partial charge in [-0.1, -0.05) is 17.3 Å². The second kappa shape index (κ2) is 10.7. The first-order valence-electron chi connectivity index (χ1n) is 12.2. The van der Waals surface area contributed by atoms with E-state index in [0.29, 0.717) is 37.9 Å². The number of alkyl halides is 3. The fourth-order valence-corrected chi connectivity index (χ4v) is 6.45. The van der Waals surface area contributed by atoms with Crippen molar-refractivity contribution < 1.29 is 35.6 Å². The predicted molar refractivity (Wildman–Crippen MR) is 133 cm³/mol. The maximum absolute atomic E-state index is 13.4. The van der Waals surface area contributed by atoms with Crippen LogP contribution in [-0.2, 0) is 25.7 Å². The Kier molecular flexibility index (Phi) is 7.46. The number of halogens is 3. The van der Waals surface area contributed by atoms with Gasteiger partial charge in [-0.2, -0.15) is 22.5 Å². The van der Waals surface area contributed by atoms with Crippen molar-refractivity contribution in [3.05, 3.63) is 60.0 Å². The van der Waals surface area contributed by atoms with Crippen LogP contribution in [0.2, 0.25) is 0 Å². The van der Waals surface area contributed by atoms with E-state index in [1.807, 2.05) is 34.1 Å². The Bertz CT molecular complexity index is 1420. The van der Waals surface area contributed by atoms with E-state index in [0.717, 1.165) is 34.0 Å². The van der Waals surface area contributed by atoms with E-state index < -0.39 is 32.9 Å². The minimum absolute atomic E-state index is 0.0408. The molecule has 3 heterocycles. The molecule has 1 aromatic heterocycles. The lowest BCUT2D eigenvalue weighted by atomic mass is 10.1. The van der Waals surface area contributed by atoms with Crippen LogP contribution in [0, 0.1) is 6.92 Å². The Hall–Kier alpha value is -3.33. The molecule has 2 atom stereocenters. The molecule has 0 spiro atoms. The van der Waals surface area contributed by atoms with Gasteiger partial charge < -0.3 is 14.2 Å². The zero-order valence-electron chi connectivity index (χ0n) is 20.9. The van der Waals surface area contributed by atoms with Crippen LogP contribution in [0.1, 0.15) is 11.5 Å². The van der Waals surface area contributed by atoms with Gasteiger partial charge in [-0.05, 0) is 36.4 Å². The van der Waals surface area contributed by atoms with Gasteiger partial charge in [0.2, 0.25) is 21.7 Å². The van der Waals surface area contributed by atoms with E-state index in [9.17, 15) is 26.4 Å². The van der Waals surface area contributed by atoms with Gasteiger partial charge in [0.1, 0.15) is 0 Å². The molecule has 2 saturated heterocycles. The topological polar surface area (TPSA) is 109 Å². The average Bonchev–Trinajstić information content (AvgIpc) is 3.54. The smallest absolute Gasteiger partial charge is 0.345 e. The summed E-state index contributed by atoms with van der Waals surface area (Å²) in [5, 5.41) is 3.90. The summed E-state index contributed by atoms with van der Waals surface area (Å²) in [4.78, 5) is 19.0. The van der Waals surface area contributed by atoms with E-state index in [1.165, 1.54) is 12.1 Å². The lowest BCUT2D eigenvalue weighted by molar-refractivity contribution is -0.139. The minimum Gasteiger partial charge on any atom is -0.345 e. The van der Waals surface area contributed by atoms with Crippen LogP contribution in [0.25, 0.3) is 11.4 Å². The number of aryl methyl sites for hydroxylation is 1. The second-order valence-electron chi connectivity index (χ2n) is 9.32. The molecule has 14 heteroatoms. The molecule has 2 aliphatic rings. The highest BCUT2D eigenvalue weighted by molar-refractivity contribution is 7.89. The second-order valence-corrected chi connectivity index (χ2v) is 11.2. The highest BCUT2D eigenvalue weighted by atomic mass is 32.2. The summed E-state index contributed by atoms with van der Waals surface area (Å²) in [6.45, 7) is 3.29. The van der Waals surface area contributed by atoms with Crippen LogP contribution in [0.15, 0.2) is 57.9 Å². The fraction of sp³-hybridized carbons (Fsp3) is 0.400. The van der Waals surface area contributed by atoms with Crippen LogP contribution < -0.4 is 4.90 Å². The van der Waals surface area contributed by atoms with Crippen LogP contribution >= 0.6 is 0 Å². The number of hydrogen-bond donors (Lipinski definition) is 0. The molecule has 0 amide bonds. The summed E-state index contributed by atoms with van der Waals surface area (Å²) in [7, 11) is -4.32. The van der Waals surface area contributed by atoms with E-state index in [4.69, 9.17) is 9.26 Å². The average molecular weight is 566 g/mol. The first-order valence-corrected chi connectivity index (χ1v) is 13.7. The molecule has 0 radical (unpaired) electrons. The number of benzene rings is 2. The Morgan fingerprint density at radius 2 is 1.74 bits per heavy atom. The highest BCUT2D eigenvalue weighted by Gasteiger charge is 2.40. The number of aromatic nitrogens is 2. The van der Waals surface area contributed by atoms with Crippen molar-refractivity contribution in [1.29, 1.82) is 0 Å². The van der Waals surface area contributed by atoms with Crippen LogP contribution in [0.5, 0.6) is 0 Å². The van der Waals surface area contributed by atoms with E-state index in [1.54, 1.807) is 6.92 Å². The Morgan fingerprint density at radius 3 is 2.36 bits per heavy atom. The molecular formula is C25H26F3N5O5S. The van der Waals surface area contributed by atoms with Crippen LogP contribution in [0.4, 0.5) is 18.9 Å². The Morgan fingerprint density at radius 1 is 1.05 bits per heavy atom. The van der Waals surface area contributed by atoms with Crippen molar-refractivity contribution in [1.82, 2.24) is 19.3 Å². The summed E-state index contributed by atoms with van der Waals surface area (Å²) in [5.74, 6) is 0.917. The molecule has 2 fully saturated rings. The number of rotatable bonds is 7. The molecule has 3 aromatic rings. The summed E-state index contributed by atoms with van der Waals surface area (Å²) < 4.78 is 78.3. The quantitative estimate of drug-likeness (QED) is 0.400. The molecule has 0 N–H and O–H groups in total. The maximum Gasteiger partial charge on any atom is 0.417 e. The SMILES string of the molecule is Cc1nc(-c2ccc(N3CC(CN4CCN(S(=O)(=O)c5ccccc5C(F)(F)F)CC4)OC3C=O)cc2)no1. The molecule has 0 aliphatic carbocycles. The number of carbonyl (C=O) groups excluding carboxylic acids is 1.